The van der Waals surface area contributed by atoms with Crippen LogP contribution in [-0.4, -0.2) is 35.5 Å². The number of hydrogen-bond donors (Lipinski definition) is 1. The van der Waals surface area contributed by atoms with E-state index in [1.807, 2.05) is 0 Å². The number of nitrogens with one attached hydrogen (secondary N) is 1. The molecule has 4 rings (SSSR count). The summed E-state index contributed by atoms with van der Waals surface area (Å²) in [5.74, 6) is 0.497. The van der Waals surface area contributed by atoms with E-state index in [-0.39, 0.29) is 17.5 Å². The lowest BCUT2D eigenvalue weighted by Crippen LogP contribution is -2.69. The van der Waals surface area contributed by atoms with Gasteiger partial charge in [-0.15, -0.1) is 0 Å². The Morgan fingerprint density at radius 1 is 1.24 bits per heavy atom. The van der Waals surface area contributed by atoms with Crippen molar-refractivity contribution in [1.29, 1.82) is 0 Å². The van der Waals surface area contributed by atoms with Gasteiger partial charge in [0.2, 0.25) is 0 Å². The average Bonchev–Trinajstić information content (AvgIpc) is 2.46. The summed E-state index contributed by atoms with van der Waals surface area (Å²) in [6.45, 7) is 6.71. The van der Waals surface area contributed by atoms with Gasteiger partial charge in [0.15, 0.2) is 0 Å². The Labute approximate surface area is 135 Å². The molecule has 5 heteroatoms. The van der Waals surface area contributed by atoms with Gasteiger partial charge in [-0.1, -0.05) is 23.2 Å². The molecule has 0 radical (unpaired) electrons. The number of piperidine rings is 3. The predicted molar refractivity (Wildman–Crippen MR) is 86.1 cm³/mol. The molecule has 21 heavy (non-hydrogen) atoms. The molecule has 3 nitrogen and oxygen atoms in total. The Morgan fingerprint density at radius 2 is 1.90 bits per heavy atom. The van der Waals surface area contributed by atoms with Crippen LogP contribution in [0.25, 0.3) is 0 Å². The van der Waals surface area contributed by atoms with E-state index in [1.165, 1.54) is 0 Å². The molecule has 0 saturated carbocycles. The highest BCUT2D eigenvalue weighted by Crippen LogP contribution is 2.39. The third-order valence-electron chi connectivity index (χ3n) is 5.06. The van der Waals surface area contributed by atoms with Crippen LogP contribution in [0.4, 0.5) is 0 Å². The summed E-state index contributed by atoms with van der Waals surface area (Å²) >= 11 is 11.9. The molecule has 0 aromatic heterocycles. The number of fused-ring (bicyclic) bond motifs is 3. The summed E-state index contributed by atoms with van der Waals surface area (Å²) in [4.78, 5) is 15.0. The fraction of sp³-hybridized carbons (Fsp3) is 0.562. The van der Waals surface area contributed by atoms with Crippen molar-refractivity contribution in [3.05, 3.63) is 33.8 Å². The molecule has 1 atom stereocenters. The summed E-state index contributed by atoms with van der Waals surface area (Å²) in [6.07, 6.45) is 2.32. The van der Waals surface area contributed by atoms with Crippen molar-refractivity contribution in [2.45, 2.75) is 38.3 Å². The van der Waals surface area contributed by atoms with Gasteiger partial charge in [0.05, 0.1) is 10.0 Å². The van der Waals surface area contributed by atoms with E-state index in [2.05, 4.69) is 24.1 Å². The van der Waals surface area contributed by atoms with Crippen LogP contribution in [0.2, 0.25) is 10.0 Å². The third-order valence-corrected chi connectivity index (χ3v) is 5.79. The zero-order chi connectivity index (χ0) is 15.2. The molecule has 0 unspecified atom stereocenters. The first-order chi connectivity index (χ1) is 9.89. The maximum Gasteiger partial charge on any atom is 0.251 e. The summed E-state index contributed by atoms with van der Waals surface area (Å²) in [5.41, 5.74) is 0.573. The van der Waals surface area contributed by atoms with E-state index in [9.17, 15) is 4.79 Å². The molecular weight excluding hydrogens is 307 g/mol. The molecule has 0 aliphatic carbocycles. The molecule has 0 spiro atoms. The number of carbonyl (C=O) groups excluding carboxylic acids is 1. The molecule has 3 aliphatic heterocycles. The van der Waals surface area contributed by atoms with E-state index in [1.54, 1.807) is 18.2 Å². The quantitative estimate of drug-likeness (QED) is 0.900. The molecule has 3 fully saturated rings. The lowest BCUT2D eigenvalue weighted by atomic mass is 9.72. The van der Waals surface area contributed by atoms with Crippen LogP contribution in [0, 0.1) is 5.92 Å². The van der Waals surface area contributed by atoms with Crippen LogP contribution < -0.4 is 5.32 Å². The van der Waals surface area contributed by atoms with Crippen molar-refractivity contribution in [2.75, 3.05) is 13.1 Å². The Bertz CT molecular complexity index is 565. The minimum absolute atomic E-state index is 0.00699. The van der Waals surface area contributed by atoms with Gasteiger partial charge < -0.3 is 5.32 Å². The topological polar surface area (TPSA) is 32.3 Å². The summed E-state index contributed by atoms with van der Waals surface area (Å²) in [7, 11) is 0. The lowest BCUT2D eigenvalue weighted by molar-refractivity contribution is -0.0378. The summed E-state index contributed by atoms with van der Waals surface area (Å²) in [6, 6.07) is 5.20. The van der Waals surface area contributed by atoms with Crippen molar-refractivity contribution in [3.8, 4) is 0 Å². The highest BCUT2D eigenvalue weighted by Gasteiger charge is 2.48. The van der Waals surface area contributed by atoms with Crippen molar-refractivity contribution in [3.63, 3.8) is 0 Å². The van der Waals surface area contributed by atoms with Crippen molar-refractivity contribution < 1.29 is 4.79 Å². The van der Waals surface area contributed by atoms with E-state index in [4.69, 9.17) is 23.2 Å². The second-order valence-electron chi connectivity index (χ2n) is 6.56. The van der Waals surface area contributed by atoms with Crippen molar-refractivity contribution in [2.24, 2.45) is 5.92 Å². The molecule has 3 aliphatic rings. The minimum atomic E-state index is -0.0691. The first-order valence-corrected chi connectivity index (χ1v) is 8.16. The molecule has 3 heterocycles. The standard InChI is InChI=1S/C16H20Cl2N2O/c1-16(2)14(10-5-7-20(16)8-6-10)19-15(21)11-3-4-12(17)13(18)9-11/h3-4,9-10,14H,5-8H2,1-2H3,(H,19,21)/t14-/m0/s1. The number of nitrogens with zero attached hydrogens (tertiary/aromatic N) is 1. The SMILES string of the molecule is CC1(C)[C@@H](NC(=O)c2ccc(Cl)c(Cl)c2)C2CCN1CC2. The van der Waals surface area contributed by atoms with E-state index >= 15 is 0 Å². The van der Waals surface area contributed by atoms with Crippen LogP contribution in [-0.2, 0) is 0 Å². The van der Waals surface area contributed by atoms with Gasteiger partial charge in [-0.05, 0) is 63.9 Å². The lowest BCUT2D eigenvalue weighted by Gasteiger charge is -2.56. The van der Waals surface area contributed by atoms with Crippen LogP contribution >= 0.6 is 23.2 Å². The number of hydrogen-bond acceptors (Lipinski definition) is 2. The van der Waals surface area contributed by atoms with E-state index < -0.39 is 0 Å². The number of amides is 1. The van der Waals surface area contributed by atoms with Gasteiger partial charge in [-0.2, -0.15) is 0 Å². The van der Waals surface area contributed by atoms with Gasteiger partial charge in [0.25, 0.3) is 5.91 Å². The normalized spacial score (nSPS) is 30.2. The first kappa shape index (κ1) is 15.1. The highest BCUT2D eigenvalue weighted by atomic mass is 35.5. The molecule has 2 bridgehead atoms. The number of halogens is 2. The molecule has 3 saturated heterocycles. The number of benzene rings is 1. The third kappa shape index (κ3) is 2.67. The van der Waals surface area contributed by atoms with Crippen molar-refractivity contribution >= 4 is 29.1 Å². The maximum atomic E-state index is 12.5. The number of carbonyl (C=O) groups is 1. The van der Waals surface area contributed by atoms with E-state index in [0.29, 0.717) is 21.5 Å². The fourth-order valence-corrected chi connectivity index (χ4v) is 4.04. The van der Waals surface area contributed by atoms with Gasteiger partial charge >= 0.3 is 0 Å². The molecule has 1 amide bonds. The van der Waals surface area contributed by atoms with Crippen LogP contribution in [0.5, 0.6) is 0 Å². The summed E-state index contributed by atoms with van der Waals surface area (Å²) < 4.78 is 0. The second-order valence-corrected chi connectivity index (χ2v) is 7.37. The molecular formula is C16H20Cl2N2O. The largest absolute Gasteiger partial charge is 0.347 e. The fourth-order valence-electron chi connectivity index (χ4n) is 3.74. The van der Waals surface area contributed by atoms with Gasteiger partial charge in [0, 0.05) is 17.1 Å². The van der Waals surface area contributed by atoms with Crippen LogP contribution in [0.3, 0.4) is 0 Å². The second kappa shape index (κ2) is 5.45. The first-order valence-electron chi connectivity index (χ1n) is 7.40. The zero-order valence-electron chi connectivity index (χ0n) is 12.3. The smallest absolute Gasteiger partial charge is 0.251 e. The Kier molecular flexibility index (Phi) is 3.93. The predicted octanol–water partition coefficient (Wildman–Crippen LogP) is 3.60. The zero-order valence-corrected chi connectivity index (χ0v) is 13.8. The van der Waals surface area contributed by atoms with Gasteiger partial charge in [-0.25, -0.2) is 0 Å². The molecule has 1 aromatic rings. The minimum Gasteiger partial charge on any atom is -0.347 e. The average molecular weight is 327 g/mol. The Balaban J connectivity index is 1.79. The molecule has 1 aromatic carbocycles. The maximum absolute atomic E-state index is 12.5. The molecule has 1 N–H and O–H groups in total. The monoisotopic (exact) mass is 326 g/mol. The van der Waals surface area contributed by atoms with Crippen LogP contribution in [0.1, 0.15) is 37.0 Å². The van der Waals surface area contributed by atoms with Gasteiger partial charge in [-0.3, -0.25) is 9.69 Å². The van der Waals surface area contributed by atoms with E-state index in [0.717, 1.165) is 25.9 Å². The number of rotatable bonds is 2. The Morgan fingerprint density at radius 3 is 2.48 bits per heavy atom. The summed E-state index contributed by atoms with van der Waals surface area (Å²) in [5, 5.41) is 4.10. The van der Waals surface area contributed by atoms with Gasteiger partial charge in [0.1, 0.15) is 0 Å². The Hall–Kier alpha value is -0.770. The van der Waals surface area contributed by atoms with Crippen molar-refractivity contribution in [1.82, 2.24) is 10.2 Å². The highest BCUT2D eigenvalue weighted by molar-refractivity contribution is 6.42. The molecule has 114 valence electrons. The van der Waals surface area contributed by atoms with Crippen LogP contribution in [0.15, 0.2) is 18.2 Å².